The molecule has 1 heterocycles. The second-order valence-electron chi connectivity index (χ2n) is 4.67. The lowest BCUT2D eigenvalue weighted by Gasteiger charge is -2.19. The number of rotatable bonds is 3. The topological polar surface area (TPSA) is 30.5 Å². The molecule has 0 amide bonds. The van der Waals surface area contributed by atoms with Crippen molar-refractivity contribution in [3.05, 3.63) is 53.0 Å². The lowest BCUT2D eigenvalue weighted by Crippen LogP contribution is -2.33. The average molecular weight is 438 g/mol. The SMILES string of the molecule is Brc1cccc2c1OCCN2.CC.FC(F)C(F)(F)Oc1ccccc1. The zero-order valence-electron chi connectivity index (χ0n) is 14.3. The fraction of sp³-hybridized carbons (Fsp3) is 0.333. The van der Waals surface area contributed by atoms with Crippen LogP contribution in [0.25, 0.3) is 0 Å². The molecule has 0 aromatic heterocycles. The van der Waals surface area contributed by atoms with E-state index in [9.17, 15) is 17.6 Å². The third kappa shape index (κ3) is 6.74. The predicted molar refractivity (Wildman–Crippen MR) is 97.5 cm³/mol. The second-order valence-corrected chi connectivity index (χ2v) is 5.52. The molecule has 8 heteroatoms. The van der Waals surface area contributed by atoms with Crippen molar-refractivity contribution in [3.8, 4) is 11.5 Å². The van der Waals surface area contributed by atoms with Gasteiger partial charge in [0.25, 0.3) is 0 Å². The summed E-state index contributed by atoms with van der Waals surface area (Å²) in [6.07, 6.45) is -8.26. The first kappa shape index (κ1) is 22.1. The summed E-state index contributed by atoms with van der Waals surface area (Å²) in [6.45, 7) is 5.64. The third-order valence-corrected chi connectivity index (χ3v) is 3.51. The molecule has 0 aliphatic carbocycles. The van der Waals surface area contributed by atoms with Crippen LogP contribution in [-0.4, -0.2) is 25.7 Å². The van der Waals surface area contributed by atoms with Gasteiger partial charge in [0.2, 0.25) is 0 Å². The molecule has 1 aliphatic heterocycles. The van der Waals surface area contributed by atoms with Gasteiger partial charge in [0.05, 0.1) is 10.2 Å². The van der Waals surface area contributed by atoms with Gasteiger partial charge in [0.15, 0.2) is 5.75 Å². The summed E-state index contributed by atoms with van der Waals surface area (Å²) in [6, 6.07) is 12.7. The highest BCUT2D eigenvalue weighted by atomic mass is 79.9. The summed E-state index contributed by atoms with van der Waals surface area (Å²) in [5.41, 5.74) is 1.07. The molecule has 0 bridgehead atoms. The minimum absolute atomic E-state index is 0.284. The first-order valence-electron chi connectivity index (χ1n) is 7.95. The molecule has 0 fully saturated rings. The van der Waals surface area contributed by atoms with Crippen molar-refractivity contribution in [3.63, 3.8) is 0 Å². The van der Waals surface area contributed by atoms with E-state index in [0.717, 1.165) is 29.1 Å². The van der Waals surface area contributed by atoms with E-state index in [4.69, 9.17) is 4.74 Å². The number of hydrogen-bond acceptors (Lipinski definition) is 3. The first-order valence-corrected chi connectivity index (χ1v) is 8.74. The van der Waals surface area contributed by atoms with E-state index in [-0.39, 0.29) is 5.75 Å². The van der Waals surface area contributed by atoms with Gasteiger partial charge in [0.1, 0.15) is 12.4 Å². The molecule has 0 atom stereocenters. The molecular weight excluding hydrogens is 418 g/mol. The second kappa shape index (κ2) is 10.9. The molecule has 3 nitrogen and oxygen atoms in total. The van der Waals surface area contributed by atoms with Gasteiger partial charge in [-0.25, -0.2) is 0 Å². The number of nitrogens with one attached hydrogen (secondary N) is 1. The van der Waals surface area contributed by atoms with Gasteiger partial charge < -0.3 is 14.8 Å². The number of ether oxygens (including phenoxy) is 2. The maximum atomic E-state index is 12.3. The quantitative estimate of drug-likeness (QED) is 0.579. The standard InChI is InChI=1S/C8H8BrNO.C8H6F4O.C2H6/c9-6-2-1-3-7-8(6)11-5-4-10-7;9-7(10)8(11,12)13-6-4-2-1-3-5-6;1-2/h1-3,10H,4-5H2;1-5,7H;1-2H3. The van der Waals surface area contributed by atoms with Gasteiger partial charge in [-0.2, -0.15) is 17.6 Å². The minimum atomic E-state index is -4.43. The summed E-state index contributed by atoms with van der Waals surface area (Å²) in [5.74, 6) is 0.645. The Morgan fingerprint density at radius 3 is 2.31 bits per heavy atom. The zero-order chi connectivity index (χ0) is 19.6. The number of para-hydroxylation sites is 2. The summed E-state index contributed by atoms with van der Waals surface area (Å²) in [7, 11) is 0. The van der Waals surface area contributed by atoms with Crippen LogP contribution < -0.4 is 14.8 Å². The highest BCUT2D eigenvalue weighted by Gasteiger charge is 2.43. The predicted octanol–water partition coefficient (Wildman–Crippen LogP) is 6.20. The number of fused-ring (bicyclic) bond motifs is 1. The van der Waals surface area contributed by atoms with Crippen LogP contribution in [0.3, 0.4) is 0 Å². The lowest BCUT2D eigenvalue weighted by atomic mass is 10.2. The van der Waals surface area contributed by atoms with Crippen molar-refractivity contribution >= 4 is 21.6 Å². The fourth-order valence-corrected chi connectivity index (χ4v) is 2.30. The van der Waals surface area contributed by atoms with Crippen molar-refractivity contribution in [1.29, 1.82) is 0 Å². The monoisotopic (exact) mass is 437 g/mol. The Bertz CT molecular complexity index is 657. The van der Waals surface area contributed by atoms with Gasteiger partial charge in [-0.1, -0.05) is 38.1 Å². The number of hydrogen-bond donors (Lipinski definition) is 1. The molecule has 2 aromatic rings. The molecule has 1 N–H and O–H groups in total. The van der Waals surface area contributed by atoms with E-state index < -0.39 is 12.5 Å². The molecule has 144 valence electrons. The van der Waals surface area contributed by atoms with E-state index in [1.165, 1.54) is 24.3 Å². The molecule has 0 saturated carbocycles. The van der Waals surface area contributed by atoms with Crippen molar-refractivity contribution in [2.24, 2.45) is 0 Å². The Balaban J connectivity index is 0.000000239. The van der Waals surface area contributed by atoms with Crippen LogP contribution in [0.15, 0.2) is 53.0 Å². The van der Waals surface area contributed by atoms with E-state index in [0.29, 0.717) is 0 Å². The summed E-state index contributed by atoms with van der Waals surface area (Å²) < 4.78 is 58.0. The Morgan fingerprint density at radius 2 is 1.73 bits per heavy atom. The van der Waals surface area contributed by atoms with E-state index in [1.807, 2.05) is 32.0 Å². The van der Waals surface area contributed by atoms with Crippen LogP contribution in [-0.2, 0) is 0 Å². The molecule has 0 radical (unpaired) electrons. The summed E-state index contributed by atoms with van der Waals surface area (Å²) in [4.78, 5) is 0. The van der Waals surface area contributed by atoms with Crippen LogP contribution in [0.5, 0.6) is 11.5 Å². The molecule has 3 rings (SSSR count). The van der Waals surface area contributed by atoms with Crippen LogP contribution in [0.4, 0.5) is 23.2 Å². The Labute approximate surface area is 158 Å². The zero-order valence-corrected chi connectivity index (χ0v) is 15.9. The van der Waals surface area contributed by atoms with Gasteiger partial charge in [-0.15, -0.1) is 0 Å². The summed E-state index contributed by atoms with van der Waals surface area (Å²) in [5, 5.41) is 3.25. The Kier molecular flexibility index (Phi) is 9.26. The largest absolute Gasteiger partial charge is 0.488 e. The van der Waals surface area contributed by atoms with Crippen molar-refractivity contribution in [2.75, 3.05) is 18.5 Å². The molecule has 1 aliphatic rings. The highest BCUT2D eigenvalue weighted by molar-refractivity contribution is 9.10. The average Bonchev–Trinajstić information content (AvgIpc) is 2.65. The first-order chi connectivity index (χ1) is 12.4. The molecule has 0 unspecified atom stereocenters. The molecule has 26 heavy (non-hydrogen) atoms. The molecule has 2 aromatic carbocycles. The van der Waals surface area contributed by atoms with E-state index >= 15 is 0 Å². The van der Waals surface area contributed by atoms with Crippen molar-refractivity contribution < 1.29 is 27.0 Å². The molecule has 0 spiro atoms. The van der Waals surface area contributed by atoms with E-state index in [1.54, 1.807) is 6.07 Å². The van der Waals surface area contributed by atoms with Crippen molar-refractivity contribution in [2.45, 2.75) is 26.4 Å². The smallest absolute Gasteiger partial charge is 0.461 e. The molecule has 0 saturated heterocycles. The number of benzene rings is 2. The fourth-order valence-electron chi connectivity index (χ4n) is 1.82. The van der Waals surface area contributed by atoms with Gasteiger partial charge in [0, 0.05) is 6.54 Å². The minimum Gasteiger partial charge on any atom is -0.488 e. The maximum absolute atomic E-state index is 12.3. The van der Waals surface area contributed by atoms with Gasteiger partial charge in [-0.05, 0) is 40.2 Å². The molecular formula is C18H20BrF4NO2. The highest BCUT2D eigenvalue weighted by Crippen LogP contribution is 2.34. The van der Waals surface area contributed by atoms with Crippen LogP contribution in [0.1, 0.15) is 13.8 Å². The third-order valence-electron chi connectivity index (χ3n) is 2.88. The van der Waals surface area contributed by atoms with E-state index in [2.05, 4.69) is 26.0 Å². The van der Waals surface area contributed by atoms with Crippen LogP contribution in [0.2, 0.25) is 0 Å². The number of alkyl halides is 4. The summed E-state index contributed by atoms with van der Waals surface area (Å²) >= 11 is 3.42. The van der Waals surface area contributed by atoms with Crippen LogP contribution >= 0.6 is 15.9 Å². The number of anilines is 1. The number of halogens is 5. The lowest BCUT2D eigenvalue weighted by molar-refractivity contribution is -0.253. The Hall–Kier alpha value is -1.96. The van der Waals surface area contributed by atoms with Gasteiger partial charge >= 0.3 is 12.5 Å². The van der Waals surface area contributed by atoms with Gasteiger partial charge in [-0.3, -0.25) is 0 Å². The maximum Gasteiger partial charge on any atom is 0.461 e. The Morgan fingerprint density at radius 1 is 1.08 bits per heavy atom. The van der Waals surface area contributed by atoms with Crippen molar-refractivity contribution in [1.82, 2.24) is 0 Å². The van der Waals surface area contributed by atoms with Crippen LogP contribution in [0, 0.1) is 0 Å². The normalized spacial score (nSPS) is 12.3.